The molecule has 4 amide bonds. The zero-order valence-electron chi connectivity index (χ0n) is 18.6. The summed E-state index contributed by atoms with van der Waals surface area (Å²) >= 11 is 0. The second-order valence-electron chi connectivity index (χ2n) is 8.13. The number of carbonyl (C=O) groups is 4. The summed E-state index contributed by atoms with van der Waals surface area (Å²) in [7, 11) is 0. The van der Waals surface area contributed by atoms with Crippen LogP contribution >= 0.6 is 0 Å². The molecule has 3 aromatic carbocycles. The van der Waals surface area contributed by atoms with Crippen molar-refractivity contribution in [1.82, 2.24) is 9.88 Å². The summed E-state index contributed by atoms with van der Waals surface area (Å²) in [6.07, 6.45) is 3.11. The van der Waals surface area contributed by atoms with E-state index in [1.54, 1.807) is 30.5 Å². The molecular weight excluding hydrogens is 465 g/mol. The molecule has 0 saturated carbocycles. The minimum atomic E-state index is -1.15. The van der Waals surface area contributed by atoms with Gasteiger partial charge in [0.1, 0.15) is 11.4 Å². The van der Waals surface area contributed by atoms with Gasteiger partial charge in [0.25, 0.3) is 11.8 Å². The molecule has 8 nitrogen and oxygen atoms in total. The van der Waals surface area contributed by atoms with Crippen molar-refractivity contribution in [3.05, 3.63) is 107 Å². The molecule has 1 fully saturated rings. The average Bonchev–Trinajstić information content (AvgIpc) is 3.20. The Bertz CT molecular complexity index is 1590. The summed E-state index contributed by atoms with van der Waals surface area (Å²) in [4.78, 5) is 50.3. The summed E-state index contributed by atoms with van der Waals surface area (Å²) in [6.45, 7) is 0.233. The Hall–Kier alpha value is -5.05. The molecule has 0 atom stereocenters. The predicted octanol–water partition coefficient (Wildman–Crippen LogP) is 4.19. The third-order valence-electron chi connectivity index (χ3n) is 5.89. The molecule has 0 radical (unpaired) electrons. The highest BCUT2D eigenvalue weighted by Crippen LogP contribution is 2.27. The largest absolute Gasteiger partial charge is 0.478 e. The number of nitrogens with zero attached hydrogens (tertiary/aromatic N) is 2. The fourth-order valence-electron chi connectivity index (χ4n) is 4.13. The van der Waals surface area contributed by atoms with Crippen molar-refractivity contribution < 1.29 is 28.7 Å². The van der Waals surface area contributed by atoms with Gasteiger partial charge in [-0.25, -0.2) is 18.9 Å². The van der Waals surface area contributed by atoms with Gasteiger partial charge in [0, 0.05) is 28.2 Å². The Morgan fingerprint density at radius 2 is 1.64 bits per heavy atom. The van der Waals surface area contributed by atoms with E-state index in [1.165, 1.54) is 36.4 Å². The maximum absolute atomic E-state index is 14.3. The van der Waals surface area contributed by atoms with E-state index >= 15 is 0 Å². The van der Waals surface area contributed by atoms with Gasteiger partial charge in [-0.3, -0.25) is 14.9 Å². The van der Waals surface area contributed by atoms with Crippen LogP contribution in [0.2, 0.25) is 0 Å². The van der Waals surface area contributed by atoms with Crippen LogP contribution in [-0.2, 0) is 16.1 Å². The Kier molecular flexibility index (Phi) is 5.65. The molecule has 1 aromatic heterocycles. The number of halogens is 1. The first-order chi connectivity index (χ1) is 17.3. The molecule has 0 spiro atoms. The number of carbonyl (C=O) groups excluding carboxylic acids is 3. The second-order valence-corrected chi connectivity index (χ2v) is 8.13. The average molecular weight is 483 g/mol. The molecule has 2 N–H and O–H groups in total. The molecule has 36 heavy (non-hydrogen) atoms. The van der Waals surface area contributed by atoms with Crippen molar-refractivity contribution in [3.8, 4) is 0 Å². The van der Waals surface area contributed by atoms with Crippen LogP contribution in [0, 0.1) is 5.82 Å². The lowest BCUT2D eigenvalue weighted by Gasteiger charge is -2.26. The number of hydrogen-bond acceptors (Lipinski definition) is 4. The van der Waals surface area contributed by atoms with Crippen molar-refractivity contribution in [2.75, 3.05) is 4.90 Å². The van der Waals surface area contributed by atoms with E-state index in [9.17, 15) is 23.6 Å². The Morgan fingerprint density at radius 3 is 2.36 bits per heavy atom. The summed E-state index contributed by atoms with van der Waals surface area (Å²) in [5, 5.41) is 12.0. The molecule has 0 aliphatic carbocycles. The number of nitrogens with one attached hydrogen (secondary N) is 1. The third kappa shape index (κ3) is 4.03. The van der Waals surface area contributed by atoms with Gasteiger partial charge in [-0.05, 0) is 42.5 Å². The van der Waals surface area contributed by atoms with E-state index in [-0.39, 0.29) is 29.2 Å². The topological polar surface area (TPSA) is 109 Å². The number of carboxylic acids is 1. The van der Waals surface area contributed by atoms with Gasteiger partial charge >= 0.3 is 12.0 Å². The molecule has 0 unspecified atom stereocenters. The first-order valence-corrected chi connectivity index (χ1v) is 10.9. The number of fused-ring (bicyclic) bond motifs is 1. The van der Waals surface area contributed by atoms with E-state index in [2.05, 4.69) is 5.32 Å². The minimum Gasteiger partial charge on any atom is -0.478 e. The fourth-order valence-corrected chi connectivity index (χ4v) is 4.13. The number of rotatable bonds is 5. The molecule has 4 aromatic rings. The summed E-state index contributed by atoms with van der Waals surface area (Å²) in [6, 6.07) is 17.9. The van der Waals surface area contributed by atoms with Crippen molar-refractivity contribution in [1.29, 1.82) is 0 Å². The van der Waals surface area contributed by atoms with Gasteiger partial charge in [0.05, 0.1) is 17.8 Å². The predicted molar refractivity (Wildman–Crippen MR) is 130 cm³/mol. The first-order valence-electron chi connectivity index (χ1n) is 10.9. The maximum Gasteiger partial charge on any atom is 0.335 e. The van der Waals surface area contributed by atoms with Crippen LogP contribution in [-0.4, -0.2) is 33.5 Å². The van der Waals surface area contributed by atoms with Crippen LogP contribution in [0.5, 0.6) is 0 Å². The number of benzene rings is 3. The zero-order chi connectivity index (χ0) is 25.4. The van der Waals surface area contributed by atoms with Crippen LogP contribution in [0.15, 0.2) is 84.6 Å². The lowest BCUT2D eigenvalue weighted by atomic mass is 10.1. The van der Waals surface area contributed by atoms with Gasteiger partial charge in [0.2, 0.25) is 0 Å². The van der Waals surface area contributed by atoms with Crippen molar-refractivity contribution in [2.24, 2.45) is 0 Å². The monoisotopic (exact) mass is 483 g/mol. The van der Waals surface area contributed by atoms with Crippen molar-refractivity contribution in [2.45, 2.75) is 6.54 Å². The van der Waals surface area contributed by atoms with Gasteiger partial charge in [0.15, 0.2) is 0 Å². The van der Waals surface area contributed by atoms with Crippen LogP contribution in [0.3, 0.4) is 0 Å². The maximum atomic E-state index is 14.3. The number of urea groups is 1. The van der Waals surface area contributed by atoms with Crippen LogP contribution < -0.4 is 10.2 Å². The van der Waals surface area contributed by atoms with E-state index in [4.69, 9.17) is 5.11 Å². The highest BCUT2D eigenvalue weighted by atomic mass is 19.1. The summed E-state index contributed by atoms with van der Waals surface area (Å²) < 4.78 is 16.1. The number of aromatic nitrogens is 1. The lowest BCUT2D eigenvalue weighted by molar-refractivity contribution is -0.122. The lowest BCUT2D eigenvalue weighted by Crippen LogP contribution is -2.54. The highest BCUT2D eigenvalue weighted by Gasteiger charge is 2.37. The Morgan fingerprint density at radius 1 is 0.944 bits per heavy atom. The summed E-state index contributed by atoms with van der Waals surface area (Å²) in [5.41, 5.74) is 1.61. The second kappa shape index (κ2) is 8.95. The number of barbiturate groups is 1. The quantitative estimate of drug-likeness (QED) is 0.327. The normalized spacial score (nSPS) is 15.0. The number of carboxylic acid groups (broad SMARTS) is 1. The molecule has 1 aliphatic rings. The Labute approximate surface area is 203 Å². The van der Waals surface area contributed by atoms with E-state index < -0.39 is 23.8 Å². The Balaban J connectivity index is 1.55. The van der Waals surface area contributed by atoms with Crippen LogP contribution in [0.4, 0.5) is 14.9 Å². The molecule has 1 saturated heterocycles. The molecule has 9 heteroatoms. The zero-order valence-corrected chi connectivity index (χ0v) is 18.6. The molecule has 178 valence electrons. The van der Waals surface area contributed by atoms with Gasteiger partial charge in [-0.15, -0.1) is 0 Å². The van der Waals surface area contributed by atoms with E-state index in [0.717, 1.165) is 15.8 Å². The van der Waals surface area contributed by atoms with Gasteiger partial charge in [-0.2, -0.15) is 0 Å². The highest BCUT2D eigenvalue weighted by molar-refractivity contribution is 6.39. The molecule has 5 rings (SSSR count). The summed E-state index contributed by atoms with van der Waals surface area (Å²) in [5.74, 6) is -3.20. The molecular formula is C27H18FN3O5. The number of anilines is 1. The first kappa shape index (κ1) is 22.7. The van der Waals surface area contributed by atoms with Crippen LogP contribution in [0.1, 0.15) is 21.5 Å². The molecule has 2 heterocycles. The minimum absolute atomic E-state index is 0.0156. The number of amides is 4. The van der Waals surface area contributed by atoms with Crippen LogP contribution in [0.25, 0.3) is 17.0 Å². The van der Waals surface area contributed by atoms with Crippen molar-refractivity contribution in [3.63, 3.8) is 0 Å². The van der Waals surface area contributed by atoms with Crippen molar-refractivity contribution >= 4 is 46.5 Å². The molecule has 1 aliphatic heterocycles. The van der Waals surface area contributed by atoms with Gasteiger partial charge < -0.3 is 9.67 Å². The number of hydrogen-bond donors (Lipinski definition) is 2. The SMILES string of the molecule is O=C1NC(=O)N(c2ccc(C(=O)O)cc2)C(=O)/C1=C\c1cn(Cc2ccccc2F)c2ccccc12. The number of imide groups is 2. The number of aromatic carboxylic acids is 1. The fraction of sp³-hybridized carbons (Fsp3) is 0.0370. The number of para-hydroxylation sites is 1. The van der Waals surface area contributed by atoms with E-state index in [1.807, 2.05) is 22.8 Å². The van der Waals surface area contributed by atoms with Gasteiger partial charge in [-0.1, -0.05) is 36.4 Å². The standard InChI is InChI=1S/C27H18FN3O5/c28-22-7-3-1-5-17(22)14-30-15-18(20-6-2-4-8-23(20)30)13-21-24(32)29-27(36)31(25(21)33)19-11-9-16(10-12-19)26(34)35/h1-13,15H,14H2,(H,34,35)(H,29,32,36)/b21-13-. The van der Waals surface area contributed by atoms with E-state index in [0.29, 0.717) is 11.1 Å². The molecule has 0 bridgehead atoms. The smallest absolute Gasteiger partial charge is 0.335 e. The third-order valence-corrected chi connectivity index (χ3v) is 5.89.